The van der Waals surface area contributed by atoms with Crippen LogP contribution >= 0.6 is 0 Å². The van der Waals surface area contributed by atoms with Crippen LogP contribution in [0.4, 0.5) is 0 Å². The zero-order valence-corrected chi connectivity index (χ0v) is 11.6. The van der Waals surface area contributed by atoms with Crippen LogP contribution < -0.4 is 0 Å². The number of carbonyl (C=O) groups is 1. The van der Waals surface area contributed by atoms with Crippen LogP contribution in [0.25, 0.3) is 0 Å². The molecule has 0 radical (unpaired) electrons. The van der Waals surface area contributed by atoms with Crippen LogP contribution in [0.3, 0.4) is 0 Å². The summed E-state index contributed by atoms with van der Waals surface area (Å²) in [6.07, 6.45) is 3.76. The first kappa shape index (κ1) is 12.4. The number of aliphatic imine (C=N–C) groups is 2. The number of carbonyl (C=O) groups excluding carboxylic acids is 1. The SMILES string of the molecule is CCCN1C(=O)C2C(N=CN2CCC)N2CCN=C12. The molecule has 1 fully saturated rings. The fourth-order valence-corrected chi connectivity index (χ4v) is 3.09. The summed E-state index contributed by atoms with van der Waals surface area (Å²) in [7, 11) is 0. The lowest BCUT2D eigenvalue weighted by molar-refractivity contribution is -0.135. The van der Waals surface area contributed by atoms with Crippen LogP contribution in [-0.4, -0.2) is 71.3 Å². The minimum atomic E-state index is -0.149. The minimum Gasteiger partial charge on any atom is -0.347 e. The molecule has 0 aromatic heterocycles. The van der Waals surface area contributed by atoms with Gasteiger partial charge in [-0.2, -0.15) is 0 Å². The molecule has 1 saturated heterocycles. The molecule has 104 valence electrons. The molecule has 3 aliphatic rings. The van der Waals surface area contributed by atoms with Gasteiger partial charge in [-0.3, -0.25) is 14.7 Å². The van der Waals surface area contributed by atoms with Gasteiger partial charge in [0.1, 0.15) is 0 Å². The van der Waals surface area contributed by atoms with E-state index < -0.39 is 0 Å². The van der Waals surface area contributed by atoms with Crippen LogP contribution in [0.5, 0.6) is 0 Å². The molecule has 2 unspecified atom stereocenters. The van der Waals surface area contributed by atoms with E-state index in [2.05, 4.69) is 33.6 Å². The van der Waals surface area contributed by atoms with E-state index in [1.165, 1.54) is 0 Å². The van der Waals surface area contributed by atoms with Gasteiger partial charge in [0.15, 0.2) is 12.2 Å². The summed E-state index contributed by atoms with van der Waals surface area (Å²) in [6, 6.07) is -0.149. The Kier molecular flexibility index (Phi) is 3.16. The van der Waals surface area contributed by atoms with Gasteiger partial charge >= 0.3 is 0 Å². The second-order valence-corrected chi connectivity index (χ2v) is 5.23. The summed E-state index contributed by atoms with van der Waals surface area (Å²) in [4.78, 5) is 27.9. The molecular formula is C13H21N5O. The standard InChI is InChI=1S/C13H21N5O/c1-3-6-16-9-15-11-10(16)12(19)18(7-4-2)13-14-5-8-17(11)13/h9-11H,3-8H2,1-2H3. The van der Waals surface area contributed by atoms with E-state index >= 15 is 0 Å². The van der Waals surface area contributed by atoms with Crippen molar-refractivity contribution in [1.82, 2.24) is 14.7 Å². The summed E-state index contributed by atoms with van der Waals surface area (Å²) in [5.41, 5.74) is 0. The maximum Gasteiger partial charge on any atom is 0.256 e. The van der Waals surface area contributed by atoms with E-state index in [-0.39, 0.29) is 18.1 Å². The van der Waals surface area contributed by atoms with Crippen molar-refractivity contribution in [3.63, 3.8) is 0 Å². The zero-order valence-electron chi connectivity index (χ0n) is 11.6. The third kappa shape index (κ3) is 1.81. The second-order valence-electron chi connectivity index (χ2n) is 5.23. The quantitative estimate of drug-likeness (QED) is 0.736. The first-order chi connectivity index (χ1) is 9.27. The van der Waals surface area contributed by atoms with E-state index in [4.69, 9.17) is 0 Å². The maximum absolute atomic E-state index is 12.7. The molecule has 0 spiro atoms. The van der Waals surface area contributed by atoms with Gasteiger partial charge in [0.05, 0.1) is 12.9 Å². The van der Waals surface area contributed by atoms with Gasteiger partial charge in [0.2, 0.25) is 5.96 Å². The minimum absolute atomic E-state index is 0.0617. The zero-order chi connectivity index (χ0) is 13.4. The smallest absolute Gasteiger partial charge is 0.256 e. The number of nitrogens with zero attached hydrogens (tertiary/aromatic N) is 5. The molecule has 1 amide bonds. The highest BCUT2D eigenvalue weighted by Crippen LogP contribution is 2.28. The normalized spacial score (nSPS) is 28.8. The lowest BCUT2D eigenvalue weighted by Gasteiger charge is -2.42. The van der Waals surface area contributed by atoms with Gasteiger partial charge in [-0.1, -0.05) is 13.8 Å². The molecule has 6 nitrogen and oxygen atoms in total. The molecule has 0 N–H and O–H groups in total. The molecule has 0 aromatic rings. The highest BCUT2D eigenvalue weighted by atomic mass is 16.2. The first-order valence-electron chi connectivity index (χ1n) is 7.19. The van der Waals surface area contributed by atoms with Gasteiger partial charge < -0.3 is 9.80 Å². The predicted molar refractivity (Wildman–Crippen MR) is 74.1 cm³/mol. The second kappa shape index (κ2) is 4.83. The first-order valence-corrected chi connectivity index (χ1v) is 7.19. The molecule has 3 aliphatic heterocycles. The number of hydrogen-bond donors (Lipinski definition) is 0. The molecule has 2 atom stereocenters. The van der Waals surface area contributed by atoms with Crippen LogP contribution in [0.2, 0.25) is 0 Å². The highest BCUT2D eigenvalue weighted by molar-refractivity contribution is 6.04. The molecular weight excluding hydrogens is 242 g/mol. The summed E-state index contributed by atoms with van der Waals surface area (Å²) >= 11 is 0. The highest BCUT2D eigenvalue weighted by Gasteiger charge is 2.50. The van der Waals surface area contributed by atoms with Crippen molar-refractivity contribution < 1.29 is 4.79 Å². The van der Waals surface area contributed by atoms with E-state index in [1.807, 2.05) is 11.2 Å². The van der Waals surface area contributed by atoms with Gasteiger partial charge in [0.25, 0.3) is 5.91 Å². The summed E-state index contributed by atoms with van der Waals surface area (Å²) in [5.74, 6) is 0.998. The van der Waals surface area contributed by atoms with E-state index in [0.29, 0.717) is 0 Å². The number of fused-ring (bicyclic) bond motifs is 3. The van der Waals surface area contributed by atoms with Gasteiger partial charge in [-0.05, 0) is 12.8 Å². The molecule has 3 heterocycles. The number of amides is 1. The summed E-state index contributed by atoms with van der Waals surface area (Å²) < 4.78 is 0. The van der Waals surface area contributed by atoms with E-state index in [0.717, 1.165) is 45.0 Å². The summed E-state index contributed by atoms with van der Waals surface area (Å²) in [6.45, 7) is 7.50. The van der Waals surface area contributed by atoms with Crippen LogP contribution in [0.1, 0.15) is 26.7 Å². The van der Waals surface area contributed by atoms with Crippen LogP contribution in [0, 0.1) is 0 Å². The maximum atomic E-state index is 12.7. The Morgan fingerprint density at radius 1 is 1.32 bits per heavy atom. The lowest BCUT2D eigenvalue weighted by Crippen LogP contribution is -2.65. The van der Waals surface area contributed by atoms with Crippen molar-refractivity contribution in [1.29, 1.82) is 0 Å². The molecule has 0 bridgehead atoms. The van der Waals surface area contributed by atoms with Crippen molar-refractivity contribution in [2.24, 2.45) is 9.98 Å². The largest absolute Gasteiger partial charge is 0.347 e. The molecule has 3 rings (SSSR count). The molecule has 6 heteroatoms. The van der Waals surface area contributed by atoms with Gasteiger partial charge in [-0.15, -0.1) is 0 Å². The Morgan fingerprint density at radius 3 is 2.84 bits per heavy atom. The third-order valence-corrected chi connectivity index (χ3v) is 3.87. The Hall–Kier alpha value is -1.59. The third-order valence-electron chi connectivity index (χ3n) is 3.87. The van der Waals surface area contributed by atoms with Crippen molar-refractivity contribution in [2.75, 3.05) is 26.2 Å². The number of hydrogen-bond acceptors (Lipinski definition) is 5. The van der Waals surface area contributed by atoms with Gasteiger partial charge in [-0.25, -0.2) is 4.99 Å². The molecule has 0 saturated carbocycles. The average Bonchev–Trinajstić information content (AvgIpc) is 3.01. The molecule has 0 aromatic carbocycles. The van der Waals surface area contributed by atoms with Crippen LogP contribution in [-0.2, 0) is 4.79 Å². The van der Waals surface area contributed by atoms with Crippen molar-refractivity contribution >= 4 is 18.2 Å². The monoisotopic (exact) mass is 263 g/mol. The van der Waals surface area contributed by atoms with E-state index in [9.17, 15) is 4.79 Å². The Balaban J connectivity index is 1.90. The Bertz CT molecular complexity index is 433. The molecule has 0 aliphatic carbocycles. The van der Waals surface area contributed by atoms with Gasteiger partial charge in [0, 0.05) is 19.6 Å². The summed E-state index contributed by atoms with van der Waals surface area (Å²) in [5, 5.41) is 0. The number of guanidine groups is 1. The topological polar surface area (TPSA) is 51.5 Å². The predicted octanol–water partition coefficient (Wildman–Crippen LogP) is 0.359. The fourth-order valence-electron chi connectivity index (χ4n) is 3.09. The van der Waals surface area contributed by atoms with Crippen molar-refractivity contribution in [3.8, 4) is 0 Å². The average molecular weight is 263 g/mol. The van der Waals surface area contributed by atoms with E-state index in [1.54, 1.807) is 0 Å². The Labute approximate surface area is 113 Å². The van der Waals surface area contributed by atoms with Crippen molar-refractivity contribution in [2.45, 2.75) is 38.9 Å². The Morgan fingerprint density at radius 2 is 2.11 bits per heavy atom. The van der Waals surface area contributed by atoms with Crippen molar-refractivity contribution in [3.05, 3.63) is 0 Å². The number of rotatable bonds is 4. The molecule has 19 heavy (non-hydrogen) atoms. The lowest BCUT2D eigenvalue weighted by atomic mass is 10.1. The fraction of sp³-hybridized carbons (Fsp3) is 0.769. The van der Waals surface area contributed by atoms with Crippen LogP contribution in [0.15, 0.2) is 9.98 Å².